The summed E-state index contributed by atoms with van der Waals surface area (Å²) in [4.78, 5) is 4.44. The van der Waals surface area contributed by atoms with Crippen LogP contribution in [0.5, 0.6) is 0 Å². The van der Waals surface area contributed by atoms with Gasteiger partial charge in [0.2, 0.25) is 11.1 Å². The molecule has 4 rings (SSSR count). The van der Waals surface area contributed by atoms with Crippen molar-refractivity contribution in [3.63, 3.8) is 0 Å². The first kappa shape index (κ1) is 19.7. The molecule has 0 amide bonds. The highest BCUT2D eigenvalue weighted by Crippen LogP contribution is 2.23. The molecule has 0 fully saturated rings. The molecule has 0 saturated carbocycles. The molecule has 9 nitrogen and oxygen atoms in total. The van der Waals surface area contributed by atoms with Crippen LogP contribution in [0.2, 0.25) is 0 Å². The Balaban J connectivity index is 1.64. The van der Waals surface area contributed by atoms with E-state index in [0.29, 0.717) is 17.0 Å². The standard InChI is InChI=1S/C20H16N6O3S/c21-11-15-2-6-19(7-3-15)26(25-13-23-24-14-25)12-16-1-4-18-10-20(30(27)29-28-22)8-5-17(18)9-16/h1-10,13-14H,12,22H2. The molecule has 0 radical (unpaired) electrons. The predicted molar refractivity (Wildman–Crippen MR) is 109 cm³/mol. The van der Waals surface area contributed by atoms with E-state index in [2.05, 4.69) is 25.6 Å². The molecule has 0 aliphatic rings. The Kier molecular flexibility index (Phi) is 5.78. The number of nitriles is 1. The molecule has 1 heterocycles. The fourth-order valence-corrected chi connectivity index (χ4v) is 3.61. The van der Waals surface area contributed by atoms with Crippen LogP contribution < -0.4 is 10.9 Å². The summed E-state index contributed by atoms with van der Waals surface area (Å²) in [5.74, 6) is 4.80. The van der Waals surface area contributed by atoms with Crippen LogP contribution in [0, 0.1) is 11.3 Å². The van der Waals surface area contributed by atoms with E-state index in [0.717, 1.165) is 22.0 Å². The fraction of sp³-hybridized carbons (Fsp3) is 0.0500. The Bertz CT molecular complexity index is 1220. The summed E-state index contributed by atoms with van der Waals surface area (Å²) in [6, 6.07) is 20.7. The number of hydrogen-bond acceptors (Lipinski definition) is 8. The van der Waals surface area contributed by atoms with Gasteiger partial charge in [0, 0.05) is 0 Å². The van der Waals surface area contributed by atoms with Crippen molar-refractivity contribution in [1.29, 1.82) is 5.26 Å². The highest BCUT2D eigenvalue weighted by atomic mass is 32.2. The van der Waals surface area contributed by atoms with Crippen LogP contribution in [0.15, 0.2) is 78.2 Å². The van der Waals surface area contributed by atoms with Crippen molar-refractivity contribution in [1.82, 2.24) is 14.9 Å². The third kappa shape index (κ3) is 4.19. The van der Waals surface area contributed by atoms with Crippen LogP contribution in [0.1, 0.15) is 11.1 Å². The summed E-state index contributed by atoms with van der Waals surface area (Å²) in [7, 11) is 0. The molecule has 0 spiro atoms. The van der Waals surface area contributed by atoms with Gasteiger partial charge in [0.15, 0.2) is 0 Å². The van der Waals surface area contributed by atoms with E-state index in [1.165, 1.54) is 0 Å². The lowest BCUT2D eigenvalue weighted by Gasteiger charge is -2.25. The first-order valence-corrected chi connectivity index (χ1v) is 9.86. The average Bonchev–Trinajstić information content (AvgIpc) is 3.32. The van der Waals surface area contributed by atoms with Crippen molar-refractivity contribution in [2.75, 3.05) is 5.01 Å². The van der Waals surface area contributed by atoms with Gasteiger partial charge in [-0.1, -0.05) is 18.2 Å². The molecule has 30 heavy (non-hydrogen) atoms. The van der Waals surface area contributed by atoms with Gasteiger partial charge in [-0.05, 0) is 58.8 Å². The number of benzene rings is 3. The Morgan fingerprint density at radius 1 is 1.03 bits per heavy atom. The van der Waals surface area contributed by atoms with Crippen LogP contribution in [0.25, 0.3) is 10.8 Å². The molecule has 0 aliphatic carbocycles. The van der Waals surface area contributed by atoms with E-state index in [4.69, 9.17) is 11.2 Å². The predicted octanol–water partition coefficient (Wildman–Crippen LogP) is 2.62. The van der Waals surface area contributed by atoms with Gasteiger partial charge in [-0.2, -0.15) is 11.2 Å². The fourth-order valence-electron chi connectivity index (χ4n) is 3.06. The number of anilines is 1. The van der Waals surface area contributed by atoms with Crippen LogP contribution >= 0.6 is 0 Å². The minimum Gasteiger partial charge on any atom is -0.274 e. The number of nitrogens with zero attached hydrogens (tertiary/aromatic N) is 5. The highest BCUT2D eigenvalue weighted by molar-refractivity contribution is 7.80. The Morgan fingerprint density at radius 3 is 2.43 bits per heavy atom. The zero-order chi connectivity index (χ0) is 20.9. The topological polar surface area (TPSA) is 119 Å². The maximum atomic E-state index is 11.9. The summed E-state index contributed by atoms with van der Waals surface area (Å²) in [6.45, 7) is 0.539. The summed E-state index contributed by atoms with van der Waals surface area (Å²) in [5.41, 5.74) is 2.51. The van der Waals surface area contributed by atoms with Gasteiger partial charge in [0.25, 0.3) is 0 Å². The van der Waals surface area contributed by atoms with Crippen molar-refractivity contribution >= 4 is 27.5 Å². The van der Waals surface area contributed by atoms with E-state index in [9.17, 15) is 4.21 Å². The number of hydrogen-bond donors (Lipinski definition) is 1. The molecular formula is C20H16N6O3S. The number of nitrogens with two attached hydrogens (primary N) is 1. The molecule has 1 unspecified atom stereocenters. The van der Waals surface area contributed by atoms with Crippen molar-refractivity contribution in [3.8, 4) is 6.07 Å². The van der Waals surface area contributed by atoms with Crippen LogP contribution in [-0.4, -0.2) is 19.1 Å². The quantitative estimate of drug-likeness (QED) is 0.358. The molecule has 2 N–H and O–H groups in total. The second-order valence-electron chi connectivity index (χ2n) is 6.30. The van der Waals surface area contributed by atoms with Crippen LogP contribution in [-0.2, 0) is 26.9 Å². The molecule has 150 valence electrons. The van der Waals surface area contributed by atoms with Crippen molar-refractivity contribution in [2.45, 2.75) is 11.4 Å². The zero-order valence-electron chi connectivity index (χ0n) is 15.6. The number of rotatable bonds is 7. The minimum atomic E-state index is -1.80. The van der Waals surface area contributed by atoms with Gasteiger partial charge >= 0.3 is 0 Å². The van der Waals surface area contributed by atoms with Gasteiger partial charge in [-0.25, -0.2) is 8.89 Å². The van der Waals surface area contributed by atoms with E-state index in [1.54, 1.807) is 41.6 Å². The minimum absolute atomic E-state index is 0.449. The first-order chi connectivity index (χ1) is 14.7. The molecule has 0 bridgehead atoms. The Morgan fingerprint density at radius 2 is 1.73 bits per heavy atom. The van der Waals surface area contributed by atoms with Crippen molar-refractivity contribution < 1.29 is 13.5 Å². The van der Waals surface area contributed by atoms with E-state index in [-0.39, 0.29) is 0 Å². The lowest BCUT2D eigenvalue weighted by molar-refractivity contribution is -0.201. The van der Waals surface area contributed by atoms with Crippen molar-refractivity contribution in [2.24, 2.45) is 5.90 Å². The zero-order valence-corrected chi connectivity index (χ0v) is 16.4. The van der Waals surface area contributed by atoms with Crippen LogP contribution in [0.4, 0.5) is 5.69 Å². The molecule has 1 atom stereocenters. The van der Waals surface area contributed by atoms with E-state index >= 15 is 0 Å². The Hall–Kier alpha value is -3.62. The van der Waals surface area contributed by atoms with Gasteiger partial charge in [-0.15, -0.1) is 19.5 Å². The Labute approximate surface area is 174 Å². The molecule has 1 aromatic heterocycles. The number of fused-ring (bicyclic) bond motifs is 1. The maximum absolute atomic E-state index is 11.9. The molecule has 3 aromatic carbocycles. The van der Waals surface area contributed by atoms with Gasteiger partial charge < -0.3 is 0 Å². The third-order valence-electron chi connectivity index (χ3n) is 4.48. The molecule has 0 aliphatic heterocycles. The monoisotopic (exact) mass is 420 g/mol. The summed E-state index contributed by atoms with van der Waals surface area (Å²) >= 11 is -1.80. The summed E-state index contributed by atoms with van der Waals surface area (Å²) in [6.07, 6.45) is 3.22. The molecule has 4 aromatic rings. The second-order valence-corrected chi connectivity index (χ2v) is 7.38. The number of aromatic nitrogens is 3. The largest absolute Gasteiger partial charge is 0.274 e. The van der Waals surface area contributed by atoms with E-state index < -0.39 is 11.1 Å². The normalized spacial score (nSPS) is 11.9. The summed E-state index contributed by atoms with van der Waals surface area (Å²) in [5, 5.41) is 20.7. The highest BCUT2D eigenvalue weighted by Gasteiger charge is 2.12. The van der Waals surface area contributed by atoms with Gasteiger partial charge in [0.1, 0.15) is 12.7 Å². The molecule has 0 saturated heterocycles. The smallest absolute Gasteiger partial charge is 0.222 e. The van der Waals surface area contributed by atoms with Gasteiger partial charge in [0.05, 0.1) is 28.8 Å². The third-order valence-corrected chi connectivity index (χ3v) is 5.32. The lowest BCUT2D eigenvalue weighted by atomic mass is 10.1. The second kappa shape index (κ2) is 8.81. The van der Waals surface area contributed by atoms with Crippen LogP contribution in [0.3, 0.4) is 0 Å². The van der Waals surface area contributed by atoms with Crippen molar-refractivity contribution in [3.05, 3.63) is 84.4 Å². The van der Waals surface area contributed by atoms with Gasteiger partial charge in [-0.3, -0.25) is 5.01 Å². The lowest BCUT2D eigenvalue weighted by Crippen LogP contribution is -2.27. The van der Waals surface area contributed by atoms with E-state index in [1.807, 2.05) is 41.4 Å². The maximum Gasteiger partial charge on any atom is 0.222 e. The summed E-state index contributed by atoms with van der Waals surface area (Å²) < 4.78 is 18.1. The molecule has 10 heteroatoms. The average molecular weight is 420 g/mol. The molecular weight excluding hydrogens is 404 g/mol. The SMILES string of the molecule is N#Cc1ccc(N(Cc2ccc3cc(S(=O)OON)ccc3c2)n2cnnc2)cc1. The first-order valence-electron chi connectivity index (χ1n) is 8.79.